The summed E-state index contributed by atoms with van der Waals surface area (Å²) in [5.74, 6) is 1.82. The van der Waals surface area contributed by atoms with Crippen LogP contribution in [0.25, 0.3) is 0 Å². The molecule has 1 aromatic rings. The Hall–Kier alpha value is -1.73. The van der Waals surface area contributed by atoms with Crippen LogP contribution >= 0.6 is 0 Å². The maximum Gasteiger partial charge on any atom is 0.225 e. The van der Waals surface area contributed by atoms with Gasteiger partial charge in [0, 0.05) is 50.5 Å². The lowest BCUT2D eigenvalue weighted by Crippen LogP contribution is -2.42. The van der Waals surface area contributed by atoms with E-state index in [4.69, 9.17) is 9.72 Å². The van der Waals surface area contributed by atoms with Crippen LogP contribution in [-0.4, -0.2) is 73.3 Å². The summed E-state index contributed by atoms with van der Waals surface area (Å²) in [7, 11) is 0. The summed E-state index contributed by atoms with van der Waals surface area (Å²) >= 11 is 0. The first-order valence-electron chi connectivity index (χ1n) is 10.9. The van der Waals surface area contributed by atoms with Gasteiger partial charge in [-0.25, -0.2) is 9.97 Å². The molecule has 2 aliphatic heterocycles. The highest BCUT2D eigenvalue weighted by Crippen LogP contribution is 2.25. The van der Waals surface area contributed by atoms with Crippen molar-refractivity contribution in [2.24, 2.45) is 11.8 Å². The van der Waals surface area contributed by atoms with E-state index in [-0.39, 0.29) is 11.8 Å². The van der Waals surface area contributed by atoms with E-state index in [1.165, 1.54) is 19.4 Å². The van der Waals surface area contributed by atoms with Gasteiger partial charge in [-0.3, -0.25) is 4.79 Å². The fraction of sp³-hybridized carbons (Fsp3) is 0.762. The number of aromatic nitrogens is 2. The number of morpholine rings is 1. The van der Waals surface area contributed by atoms with Crippen LogP contribution < -0.4 is 10.2 Å². The van der Waals surface area contributed by atoms with Crippen LogP contribution in [0, 0.1) is 11.8 Å². The number of rotatable bonds is 5. The van der Waals surface area contributed by atoms with Crippen LogP contribution in [0.2, 0.25) is 0 Å². The van der Waals surface area contributed by atoms with Gasteiger partial charge in [0.2, 0.25) is 11.9 Å². The summed E-state index contributed by atoms with van der Waals surface area (Å²) in [4.78, 5) is 26.6. The van der Waals surface area contributed by atoms with Gasteiger partial charge in [0.25, 0.3) is 0 Å². The van der Waals surface area contributed by atoms with E-state index in [9.17, 15) is 4.79 Å². The number of nitrogens with one attached hydrogen (secondary N) is 1. The molecule has 2 fully saturated rings. The number of aryl methyl sites for hydroxylation is 1. The monoisotopic (exact) mass is 387 g/mol. The third-order valence-electron chi connectivity index (χ3n) is 6.27. The van der Waals surface area contributed by atoms with Crippen molar-refractivity contribution in [3.63, 3.8) is 0 Å². The predicted molar refractivity (Wildman–Crippen MR) is 108 cm³/mol. The van der Waals surface area contributed by atoms with Gasteiger partial charge < -0.3 is 19.9 Å². The zero-order chi connectivity index (χ0) is 19.3. The van der Waals surface area contributed by atoms with Gasteiger partial charge in [-0.1, -0.05) is 6.92 Å². The smallest absolute Gasteiger partial charge is 0.225 e. The number of carbonyl (C=O) groups is 1. The molecule has 1 amide bonds. The minimum atomic E-state index is 0.0469. The third-order valence-corrected chi connectivity index (χ3v) is 6.27. The van der Waals surface area contributed by atoms with Crippen LogP contribution in [-0.2, 0) is 22.4 Å². The van der Waals surface area contributed by atoms with Gasteiger partial charge in [-0.2, -0.15) is 0 Å². The standard InChI is InChI=1S/C21H33N5O2/c1-16-3-2-7-25(15-16)8-6-22-20(27)17-4-5-19-18(13-17)14-23-21(24-19)26-9-11-28-12-10-26/h14,16-17H,2-13,15H2,1H3,(H,22,27)/t16-,17-/m1/s1. The van der Waals surface area contributed by atoms with E-state index in [2.05, 4.69) is 27.0 Å². The zero-order valence-electron chi connectivity index (χ0n) is 17.0. The van der Waals surface area contributed by atoms with Gasteiger partial charge >= 0.3 is 0 Å². The molecule has 154 valence electrons. The van der Waals surface area contributed by atoms with Crippen LogP contribution in [0.15, 0.2) is 6.20 Å². The van der Waals surface area contributed by atoms with Gasteiger partial charge in [0.05, 0.1) is 13.2 Å². The normalized spacial score (nSPS) is 26.0. The Morgan fingerprint density at radius 1 is 1.29 bits per heavy atom. The van der Waals surface area contributed by atoms with E-state index in [0.29, 0.717) is 0 Å². The summed E-state index contributed by atoms with van der Waals surface area (Å²) in [5, 5.41) is 3.16. The van der Waals surface area contributed by atoms with Gasteiger partial charge in [0.1, 0.15) is 0 Å². The molecule has 0 spiro atoms. The van der Waals surface area contributed by atoms with Crippen molar-refractivity contribution < 1.29 is 9.53 Å². The number of piperidine rings is 1. The Kier molecular flexibility index (Phi) is 6.42. The first-order chi connectivity index (χ1) is 13.7. The molecule has 1 N–H and O–H groups in total. The molecule has 4 rings (SSSR count). The van der Waals surface area contributed by atoms with Gasteiger partial charge in [0.15, 0.2) is 0 Å². The molecule has 0 aromatic carbocycles. The number of likely N-dealkylation sites (tertiary alicyclic amines) is 1. The SMILES string of the molecule is C[C@@H]1CCCN(CCNC(=O)[C@@H]2CCc3nc(N4CCOCC4)ncc3C2)C1. The second-order valence-electron chi connectivity index (χ2n) is 8.52. The Morgan fingerprint density at radius 2 is 2.14 bits per heavy atom. The summed E-state index contributed by atoms with van der Waals surface area (Å²) in [6.07, 6.45) is 7.03. The Bertz CT molecular complexity index is 677. The topological polar surface area (TPSA) is 70.6 Å². The molecule has 0 saturated carbocycles. The summed E-state index contributed by atoms with van der Waals surface area (Å²) in [6, 6.07) is 0. The number of nitrogens with zero attached hydrogens (tertiary/aromatic N) is 4. The summed E-state index contributed by atoms with van der Waals surface area (Å²) < 4.78 is 5.41. The van der Waals surface area contributed by atoms with Crippen LogP contribution in [0.4, 0.5) is 5.95 Å². The zero-order valence-corrected chi connectivity index (χ0v) is 17.0. The van der Waals surface area contributed by atoms with E-state index in [1.54, 1.807) is 0 Å². The van der Waals surface area contributed by atoms with Gasteiger partial charge in [-0.05, 0) is 50.1 Å². The predicted octanol–water partition coefficient (Wildman–Crippen LogP) is 1.27. The van der Waals surface area contributed by atoms with Crippen molar-refractivity contribution in [1.82, 2.24) is 20.2 Å². The number of amides is 1. The fourth-order valence-corrected chi connectivity index (χ4v) is 4.61. The molecule has 7 heteroatoms. The fourth-order valence-electron chi connectivity index (χ4n) is 4.61. The first-order valence-corrected chi connectivity index (χ1v) is 10.9. The first kappa shape index (κ1) is 19.6. The number of fused-ring (bicyclic) bond motifs is 1. The molecule has 0 unspecified atom stereocenters. The van der Waals surface area contributed by atoms with E-state index in [0.717, 1.165) is 88.3 Å². The Morgan fingerprint density at radius 3 is 2.96 bits per heavy atom. The minimum absolute atomic E-state index is 0.0469. The number of anilines is 1. The quantitative estimate of drug-likeness (QED) is 0.820. The van der Waals surface area contributed by atoms with Crippen molar-refractivity contribution in [3.8, 4) is 0 Å². The molecule has 1 aliphatic carbocycles. The highest BCUT2D eigenvalue weighted by molar-refractivity contribution is 5.79. The van der Waals surface area contributed by atoms with Crippen molar-refractivity contribution in [3.05, 3.63) is 17.5 Å². The largest absolute Gasteiger partial charge is 0.378 e. The number of hydrogen-bond acceptors (Lipinski definition) is 6. The molecule has 7 nitrogen and oxygen atoms in total. The Balaban J connectivity index is 1.26. The van der Waals surface area contributed by atoms with Crippen molar-refractivity contribution in [2.45, 2.75) is 39.0 Å². The van der Waals surface area contributed by atoms with Crippen molar-refractivity contribution >= 4 is 11.9 Å². The Labute approximate surface area is 167 Å². The van der Waals surface area contributed by atoms with E-state index >= 15 is 0 Å². The molecule has 0 bridgehead atoms. The van der Waals surface area contributed by atoms with E-state index < -0.39 is 0 Å². The minimum Gasteiger partial charge on any atom is -0.378 e. The maximum absolute atomic E-state index is 12.6. The highest BCUT2D eigenvalue weighted by Gasteiger charge is 2.27. The molecular weight excluding hydrogens is 354 g/mol. The van der Waals surface area contributed by atoms with Crippen molar-refractivity contribution in [1.29, 1.82) is 0 Å². The lowest BCUT2D eigenvalue weighted by molar-refractivity contribution is -0.125. The summed E-state index contributed by atoms with van der Waals surface area (Å²) in [6.45, 7) is 9.52. The van der Waals surface area contributed by atoms with Crippen LogP contribution in [0.5, 0.6) is 0 Å². The number of hydrogen-bond donors (Lipinski definition) is 1. The lowest BCUT2D eigenvalue weighted by atomic mass is 9.86. The van der Waals surface area contributed by atoms with E-state index in [1.807, 2.05) is 6.20 Å². The lowest BCUT2D eigenvalue weighted by Gasteiger charge is -2.31. The molecule has 28 heavy (non-hydrogen) atoms. The average molecular weight is 388 g/mol. The van der Waals surface area contributed by atoms with Crippen LogP contribution in [0.1, 0.15) is 37.4 Å². The maximum atomic E-state index is 12.6. The van der Waals surface area contributed by atoms with Gasteiger partial charge in [-0.15, -0.1) is 0 Å². The molecular formula is C21H33N5O2. The highest BCUT2D eigenvalue weighted by atomic mass is 16.5. The molecule has 2 saturated heterocycles. The number of carbonyl (C=O) groups excluding carboxylic acids is 1. The van der Waals surface area contributed by atoms with Crippen LogP contribution in [0.3, 0.4) is 0 Å². The molecule has 1 aromatic heterocycles. The second kappa shape index (κ2) is 9.18. The second-order valence-corrected chi connectivity index (χ2v) is 8.52. The average Bonchev–Trinajstić information content (AvgIpc) is 2.73. The molecule has 2 atom stereocenters. The number of ether oxygens (including phenoxy) is 1. The molecule has 3 heterocycles. The molecule has 3 aliphatic rings. The third kappa shape index (κ3) is 4.81. The van der Waals surface area contributed by atoms with Crippen molar-refractivity contribution in [2.75, 3.05) is 57.4 Å². The summed E-state index contributed by atoms with van der Waals surface area (Å²) in [5.41, 5.74) is 2.25. The molecule has 0 radical (unpaired) electrons.